The molecule has 0 aliphatic carbocycles. The molecule has 1 aromatic carbocycles. The van der Waals surface area contributed by atoms with Gasteiger partial charge in [-0.15, -0.1) is 0 Å². The van der Waals surface area contributed by atoms with Crippen LogP contribution in [0.5, 0.6) is 0 Å². The monoisotopic (exact) mass is 544 g/mol. The summed E-state index contributed by atoms with van der Waals surface area (Å²) in [6.45, 7) is 17.2. The van der Waals surface area contributed by atoms with E-state index in [9.17, 15) is 19.2 Å². The van der Waals surface area contributed by atoms with Gasteiger partial charge in [0.25, 0.3) is 0 Å². The quantitative estimate of drug-likeness (QED) is 0.272. The molecule has 39 heavy (non-hydrogen) atoms. The second-order valence-corrected chi connectivity index (χ2v) is 11.4. The lowest BCUT2D eigenvalue weighted by Gasteiger charge is -2.44. The SMILES string of the molecule is C=Cc1cccc(C(C(=O)NCCCCC)N(C(=O)C(CCC(N)=O)NC(=O)OC(C)(C)C)C(C)(C)CC)c1. The highest BCUT2D eigenvalue weighted by molar-refractivity contribution is 5.93. The van der Waals surface area contributed by atoms with E-state index in [1.807, 2.05) is 39.0 Å². The Kier molecular flexibility index (Phi) is 13.2. The van der Waals surface area contributed by atoms with Crippen molar-refractivity contribution < 1.29 is 23.9 Å². The Bertz CT molecular complexity index is 999. The first-order valence-corrected chi connectivity index (χ1v) is 13.8. The number of amides is 4. The van der Waals surface area contributed by atoms with Gasteiger partial charge in [-0.1, -0.05) is 57.5 Å². The minimum atomic E-state index is -1.14. The summed E-state index contributed by atoms with van der Waals surface area (Å²) in [6, 6.07) is 5.17. The van der Waals surface area contributed by atoms with E-state index < -0.39 is 41.1 Å². The zero-order chi connectivity index (χ0) is 29.8. The molecule has 0 saturated carbocycles. The molecule has 2 atom stereocenters. The molecule has 218 valence electrons. The van der Waals surface area contributed by atoms with Crippen molar-refractivity contribution in [2.45, 2.75) is 110 Å². The summed E-state index contributed by atoms with van der Waals surface area (Å²) in [5, 5.41) is 5.63. The van der Waals surface area contributed by atoms with Gasteiger partial charge in [-0.05, 0) is 71.1 Å². The summed E-state index contributed by atoms with van der Waals surface area (Å²) in [7, 11) is 0. The van der Waals surface area contributed by atoms with Crippen LogP contribution >= 0.6 is 0 Å². The maximum absolute atomic E-state index is 14.3. The Morgan fingerprint density at radius 1 is 1.10 bits per heavy atom. The van der Waals surface area contributed by atoms with E-state index in [0.717, 1.165) is 24.8 Å². The predicted molar refractivity (Wildman–Crippen MR) is 155 cm³/mol. The largest absolute Gasteiger partial charge is 0.444 e. The number of hydrogen-bond donors (Lipinski definition) is 3. The van der Waals surface area contributed by atoms with Gasteiger partial charge < -0.3 is 26.0 Å². The van der Waals surface area contributed by atoms with E-state index >= 15 is 0 Å². The summed E-state index contributed by atoms with van der Waals surface area (Å²) in [4.78, 5) is 54.0. The number of alkyl carbamates (subject to hydrolysis) is 1. The van der Waals surface area contributed by atoms with Crippen LogP contribution in [0.25, 0.3) is 6.08 Å². The fourth-order valence-corrected chi connectivity index (χ4v) is 4.06. The second-order valence-electron chi connectivity index (χ2n) is 11.4. The number of benzene rings is 1. The summed E-state index contributed by atoms with van der Waals surface area (Å²) in [6.07, 6.45) is 4.02. The second kappa shape index (κ2) is 15.3. The number of carbonyl (C=O) groups is 4. The summed E-state index contributed by atoms with van der Waals surface area (Å²) >= 11 is 0. The van der Waals surface area contributed by atoms with Crippen LogP contribution in [0.1, 0.15) is 104 Å². The highest BCUT2D eigenvalue weighted by atomic mass is 16.6. The molecule has 0 spiro atoms. The molecule has 1 rings (SSSR count). The lowest BCUT2D eigenvalue weighted by atomic mass is 9.91. The fourth-order valence-electron chi connectivity index (χ4n) is 4.06. The fraction of sp³-hybridized carbons (Fsp3) is 0.600. The minimum Gasteiger partial charge on any atom is -0.444 e. The first kappa shape index (κ1) is 33.7. The molecule has 0 heterocycles. The van der Waals surface area contributed by atoms with Crippen molar-refractivity contribution in [3.05, 3.63) is 42.0 Å². The number of nitrogens with two attached hydrogens (primary N) is 1. The van der Waals surface area contributed by atoms with Crippen LogP contribution < -0.4 is 16.4 Å². The van der Waals surface area contributed by atoms with Crippen LogP contribution in [0.4, 0.5) is 4.79 Å². The topological polar surface area (TPSA) is 131 Å². The van der Waals surface area contributed by atoms with Crippen LogP contribution in [0.3, 0.4) is 0 Å². The normalized spacial score (nSPS) is 13.1. The van der Waals surface area contributed by atoms with E-state index in [2.05, 4.69) is 24.1 Å². The highest BCUT2D eigenvalue weighted by Crippen LogP contribution is 2.33. The Morgan fingerprint density at radius 2 is 1.77 bits per heavy atom. The molecule has 0 radical (unpaired) electrons. The Balaban J connectivity index is 3.64. The van der Waals surface area contributed by atoms with Crippen LogP contribution in [0.15, 0.2) is 30.8 Å². The molecule has 0 saturated heterocycles. The number of unbranched alkanes of at least 4 members (excludes halogenated alkanes) is 2. The van der Waals surface area contributed by atoms with Crippen molar-refractivity contribution in [1.29, 1.82) is 0 Å². The lowest BCUT2D eigenvalue weighted by Crippen LogP contribution is -2.59. The molecular weight excluding hydrogens is 496 g/mol. The average Bonchev–Trinajstić information content (AvgIpc) is 2.85. The van der Waals surface area contributed by atoms with Crippen LogP contribution in [0.2, 0.25) is 0 Å². The van der Waals surface area contributed by atoms with E-state index in [-0.39, 0.29) is 18.7 Å². The first-order valence-electron chi connectivity index (χ1n) is 13.8. The lowest BCUT2D eigenvalue weighted by molar-refractivity contribution is -0.149. The average molecular weight is 545 g/mol. The molecule has 0 fully saturated rings. The number of ether oxygens (including phenoxy) is 1. The summed E-state index contributed by atoms with van der Waals surface area (Å²) in [5.74, 6) is -1.44. The summed E-state index contributed by atoms with van der Waals surface area (Å²) < 4.78 is 5.39. The van der Waals surface area contributed by atoms with Gasteiger partial charge >= 0.3 is 6.09 Å². The van der Waals surface area contributed by atoms with E-state index in [1.54, 1.807) is 32.9 Å². The molecule has 4 N–H and O–H groups in total. The van der Waals surface area contributed by atoms with Gasteiger partial charge in [-0.25, -0.2) is 4.79 Å². The standard InChI is InChI=1S/C30H48N4O5/c1-9-12-13-19-32-26(36)25(22-16-14-15-21(10-2)20-22)34(30(7,8)11-3)27(37)23(17-18-24(31)35)33-28(38)39-29(4,5)6/h10,14-16,20,23,25H,2,9,11-13,17-19H2,1,3-8H3,(H2,31,35)(H,32,36)(H,33,38). The van der Waals surface area contributed by atoms with Gasteiger partial charge in [0, 0.05) is 18.5 Å². The maximum atomic E-state index is 14.3. The molecule has 0 bridgehead atoms. The van der Waals surface area contributed by atoms with Crippen LogP contribution in [-0.4, -0.2) is 52.4 Å². The molecule has 0 aliphatic heterocycles. The molecule has 9 heteroatoms. The zero-order valence-electron chi connectivity index (χ0n) is 24.8. The Hall–Kier alpha value is -3.36. The number of carbonyl (C=O) groups excluding carboxylic acids is 4. The van der Waals surface area contributed by atoms with E-state index in [0.29, 0.717) is 18.5 Å². The molecule has 4 amide bonds. The third-order valence-electron chi connectivity index (χ3n) is 6.47. The van der Waals surface area contributed by atoms with Crippen molar-refractivity contribution in [3.8, 4) is 0 Å². The third kappa shape index (κ3) is 11.1. The van der Waals surface area contributed by atoms with Crippen molar-refractivity contribution in [2.24, 2.45) is 5.73 Å². The maximum Gasteiger partial charge on any atom is 0.408 e. The van der Waals surface area contributed by atoms with E-state index in [4.69, 9.17) is 10.5 Å². The van der Waals surface area contributed by atoms with Crippen LogP contribution in [0, 0.1) is 0 Å². The van der Waals surface area contributed by atoms with Crippen molar-refractivity contribution in [2.75, 3.05) is 6.54 Å². The molecule has 1 aromatic rings. The van der Waals surface area contributed by atoms with Crippen LogP contribution in [-0.2, 0) is 19.1 Å². The van der Waals surface area contributed by atoms with Gasteiger partial charge in [0.15, 0.2) is 0 Å². The third-order valence-corrected chi connectivity index (χ3v) is 6.47. The number of nitrogens with zero attached hydrogens (tertiary/aromatic N) is 1. The number of hydrogen-bond acceptors (Lipinski definition) is 5. The Labute approximate surface area is 233 Å². The number of nitrogens with one attached hydrogen (secondary N) is 2. The van der Waals surface area contributed by atoms with Crippen molar-refractivity contribution in [1.82, 2.24) is 15.5 Å². The zero-order valence-corrected chi connectivity index (χ0v) is 24.8. The molecule has 0 aromatic heterocycles. The summed E-state index contributed by atoms with van der Waals surface area (Å²) in [5.41, 5.74) is 5.21. The van der Waals surface area contributed by atoms with Gasteiger partial charge in [0.2, 0.25) is 17.7 Å². The first-order chi connectivity index (χ1) is 18.2. The van der Waals surface area contributed by atoms with Gasteiger partial charge in [-0.3, -0.25) is 14.4 Å². The molecule has 0 aliphatic rings. The van der Waals surface area contributed by atoms with Gasteiger partial charge in [-0.2, -0.15) is 0 Å². The molecular formula is C30H48N4O5. The van der Waals surface area contributed by atoms with Crippen molar-refractivity contribution in [3.63, 3.8) is 0 Å². The molecule has 2 unspecified atom stereocenters. The number of primary amides is 1. The number of rotatable bonds is 15. The van der Waals surface area contributed by atoms with Crippen molar-refractivity contribution >= 4 is 29.9 Å². The van der Waals surface area contributed by atoms with Gasteiger partial charge in [0.05, 0.1) is 0 Å². The Morgan fingerprint density at radius 3 is 2.31 bits per heavy atom. The molecule has 9 nitrogen and oxygen atoms in total. The highest BCUT2D eigenvalue weighted by Gasteiger charge is 2.43. The smallest absolute Gasteiger partial charge is 0.408 e. The van der Waals surface area contributed by atoms with Gasteiger partial charge in [0.1, 0.15) is 17.7 Å². The van der Waals surface area contributed by atoms with E-state index in [1.165, 1.54) is 4.90 Å². The predicted octanol–water partition coefficient (Wildman–Crippen LogP) is 4.85. The minimum absolute atomic E-state index is 0.0404.